The Morgan fingerprint density at radius 3 is 2.51 bits per heavy atom. The topological polar surface area (TPSA) is 95.1 Å². The van der Waals surface area contributed by atoms with E-state index in [9.17, 15) is 14.4 Å². The summed E-state index contributed by atoms with van der Waals surface area (Å²) in [6.45, 7) is 10.6. The lowest BCUT2D eigenvalue weighted by Crippen LogP contribution is -2.57. The van der Waals surface area contributed by atoms with Crippen LogP contribution in [0, 0.1) is 17.3 Å². The number of likely N-dealkylation sites (tertiary alicyclic amines) is 1. The molecule has 0 bridgehead atoms. The third-order valence-electron chi connectivity index (χ3n) is 9.66. The second-order valence-corrected chi connectivity index (χ2v) is 13.6. The molecule has 0 unspecified atom stereocenters. The first-order chi connectivity index (χ1) is 19.7. The smallest absolute Gasteiger partial charge is 0.251 e. The van der Waals surface area contributed by atoms with Gasteiger partial charge in [0.2, 0.25) is 5.91 Å². The average molecular weight is 580 g/mol. The van der Waals surface area contributed by atoms with Crippen LogP contribution in [-0.4, -0.2) is 96.9 Å². The Balaban J connectivity index is 1.16. The number of fused-ring (bicyclic) bond motifs is 1. The first-order valence-corrected chi connectivity index (χ1v) is 15.8. The number of benzene rings is 1. The molecule has 0 radical (unpaired) electrons. The van der Waals surface area contributed by atoms with Gasteiger partial charge in [-0.1, -0.05) is 32.9 Å². The van der Waals surface area contributed by atoms with Crippen LogP contribution in [0.25, 0.3) is 11.3 Å². The van der Waals surface area contributed by atoms with Gasteiger partial charge in [0.15, 0.2) is 10.9 Å². The lowest BCUT2D eigenvalue weighted by Gasteiger charge is -2.36. The van der Waals surface area contributed by atoms with Crippen molar-refractivity contribution in [3.05, 3.63) is 35.2 Å². The number of ketones is 1. The van der Waals surface area contributed by atoms with Crippen LogP contribution in [0.2, 0.25) is 0 Å². The van der Waals surface area contributed by atoms with Gasteiger partial charge in [0.1, 0.15) is 18.7 Å². The van der Waals surface area contributed by atoms with Crippen molar-refractivity contribution < 1.29 is 19.1 Å². The molecule has 6 rings (SSSR count). The Bertz CT molecular complexity index is 1300. The number of aromatic nitrogens is 1. The predicted molar refractivity (Wildman–Crippen MR) is 159 cm³/mol. The van der Waals surface area contributed by atoms with E-state index in [2.05, 4.69) is 27.5 Å². The number of likely N-dealkylation sites (N-methyl/N-ethyl adjacent to an activating group) is 1. The highest BCUT2D eigenvalue weighted by atomic mass is 32.1. The van der Waals surface area contributed by atoms with Gasteiger partial charge >= 0.3 is 0 Å². The molecule has 2 amide bonds. The molecule has 4 aliphatic rings. The van der Waals surface area contributed by atoms with Gasteiger partial charge in [-0.3, -0.25) is 14.4 Å². The minimum atomic E-state index is -0.753. The summed E-state index contributed by atoms with van der Waals surface area (Å²) in [7, 11) is 2.14. The number of thiazole rings is 1. The SMILES string of the molecule is CCC(C)(C)[C@H](NC(=O)c1ccc(-c2csc(N3CCN(C)CC3)n2)cc1)C(=O)N1C[C@H](C2CC2)[C@H]2OCC(=O)[C@H]21. The molecule has 1 N–H and O–H groups in total. The zero-order chi connectivity index (χ0) is 28.9. The predicted octanol–water partition coefficient (Wildman–Crippen LogP) is 3.30. The van der Waals surface area contributed by atoms with E-state index in [1.54, 1.807) is 28.4 Å². The van der Waals surface area contributed by atoms with E-state index in [1.165, 1.54) is 0 Å². The van der Waals surface area contributed by atoms with Gasteiger partial charge in [-0.25, -0.2) is 4.98 Å². The van der Waals surface area contributed by atoms with Crippen molar-refractivity contribution in [2.45, 2.75) is 58.2 Å². The van der Waals surface area contributed by atoms with E-state index in [1.807, 2.05) is 32.9 Å². The quantitative estimate of drug-likeness (QED) is 0.513. The second kappa shape index (κ2) is 11.1. The minimum Gasteiger partial charge on any atom is -0.367 e. The van der Waals surface area contributed by atoms with Crippen LogP contribution in [-0.2, 0) is 14.3 Å². The van der Waals surface area contributed by atoms with Crippen LogP contribution in [0.3, 0.4) is 0 Å². The molecule has 1 aromatic carbocycles. The molecule has 3 aliphatic heterocycles. The molecular weight excluding hydrogens is 538 g/mol. The average Bonchev–Trinajstić information content (AvgIpc) is 3.38. The summed E-state index contributed by atoms with van der Waals surface area (Å²) in [5.74, 6) is 0.215. The molecule has 220 valence electrons. The Kier molecular flexibility index (Phi) is 7.67. The van der Waals surface area contributed by atoms with E-state index >= 15 is 0 Å². The monoisotopic (exact) mass is 579 g/mol. The molecule has 1 aliphatic carbocycles. The van der Waals surface area contributed by atoms with Crippen molar-refractivity contribution in [3.63, 3.8) is 0 Å². The molecule has 4 atom stereocenters. The van der Waals surface area contributed by atoms with Crippen LogP contribution in [0.5, 0.6) is 0 Å². The van der Waals surface area contributed by atoms with Gasteiger partial charge in [0, 0.05) is 55.1 Å². The van der Waals surface area contributed by atoms with Crippen LogP contribution in [0.4, 0.5) is 5.13 Å². The lowest BCUT2D eigenvalue weighted by molar-refractivity contribution is -0.140. The number of hydrogen-bond acceptors (Lipinski definition) is 8. The maximum atomic E-state index is 14.1. The summed E-state index contributed by atoms with van der Waals surface area (Å²) in [6.07, 6.45) is 2.74. The maximum Gasteiger partial charge on any atom is 0.251 e. The highest BCUT2D eigenvalue weighted by molar-refractivity contribution is 7.14. The molecule has 1 aromatic heterocycles. The third kappa shape index (κ3) is 5.53. The summed E-state index contributed by atoms with van der Waals surface area (Å²) in [5.41, 5.74) is 1.84. The fraction of sp³-hybridized carbons (Fsp3) is 0.613. The number of Topliss-reactive ketones (excluding diaryl/α,β-unsaturated/α-hetero) is 1. The molecule has 2 aromatic rings. The molecule has 1 saturated carbocycles. The summed E-state index contributed by atoms with van der Waals surface area (Å²) in [4.78, 5) is 51.6. The van der Waals surface area contributed by atoms with E-state index in [0.717, 1.165) is 55.4 Å². The second-order valence-electron chi connectivity index (χ2n) is 12.8. The first kappa shape index (κ1) is 28.3. The number of amides is 2. The van der Waals surface area contributed by atoms with E-state index in [0.29, 0.717) is 24.4 Å². The van der Waals surface area contributed by atoms with Crippen molar-refractivity contribution in [2.75, 3.05) is 51.3 Å². The van der Waals surface area contributed by atoms with Crippen LogP contribution in [0.1, 0.15) is 50.4 Å². The third-order valence-corrected chi connectivity index (χ3v) is 10.6. The van der Waals surface area contributed by atoms with Gasteiger partial charge in [0.25, 0.3) is 5.91 Å². The molecule has 4 heterocycles. The number of piperazine rings is 1. The Morgan fingerprint density at radius 1 is 1.15 bits per heavy atom. The van der Waals surface area contributed by atoms with Gasteiger partial charge in [-0.05, 0) is 49.8 Å². The van der Waals surface area contributed by atoms with Crippen molar-refractivity contribution in [1.29, 1.82) is 0 Å². The summed E-state index contributed by atoms with van der Waals surface area (Å²) < 4.78 is 5.87. The number of carbonyl (C=O) groups is 3. The Morgan fingerprint density at radius 2 is 1.85 bits per heavy atom. The summed E-state index contributed by atoms with van der Waals surface area (Å²) in [6, 6.07) is 6.13. The molecule has 41 heavy (non-hydrogen) atoms. The van der Waals surface area contributed by atoms with Gasteiger partial charge in [-0.2, -0.15) is 0 Å². The zero-order valence-corrected chi connectivity index (χ0v) is 25.3. The number of anilines is 1. The van der Waals surface area contributed by atoms with E-state index < -0.39 is 17.5 Å². The van der Waals surface area contributed by atoms with Crippen molar-refractivity contribution >= 4 is 34.1 Å². The normalized spacial score (nSPS) is 25.9. The molecule has 4 fully saturated rings. The number of ether oxygens (including phenoxy) is 1. The van der Waals surface area contributed by atoms with Crippen molar-refractivity contribution in [3.8, 4) is 11.3 Å². The van der Waals surface area contributed by atoms with Crippen molar-refractivity contribution in [2.24, 2.45) is 17.3 Å². The molecule has 3 saturated heterocycles. The highest BCUT2D eigenvalue weighted by Crippen LogP contribution is 2.46. The zero-order valence-electron chi connectivity index (χ0n) is 24.5. The standard InChI is InChI=1S/C31H41N5O4S/c1-5-31(2,3)27(29(39)36-16-22(19-6-7-19)26-25(36)24(37)17-40-26)33-28(38)21-10-8-20(9-11-21)23-18-41-30(32-23)35-14-12-34(4)13-15-35/h8-11,18-19,22,25-27H,5-7,12-17H2,1-4H3,(H,33,38)/t22-,25-,26-,27-/m1/s1. The van der Waals surface area contributed by atoms with Crippen LogP contribution >= 0.6 is 11.3 Å². The fourth-order valence-electron chi connectivity index (χ4n) is 6.37. The molecular formula is C31H41N5O4S. The Hall–Kier alpha value is -2.82. The Labute approximate surface area is 246 Å². The fourth-order valence-corrected chi connectivity index (χ4v) is 7.26. The number of nitrogens with zero attached hydrogens (tertiary/aromatic N) is 4. The van der Waals surface area contributed by atoms with Crippen LogP contribution in [0.15, 0.2) is 29.6 Å². The minimum absolute atomic E-state index is 0.0284. The van der Waals surface area contributed by atoms with Gasteiger partial charge in [0.05, 0.1) is 11.8 Å². The van der Waals surface area contributed by atoms with Gasteiger partial charge < -0.3 is 24.8 Å². The molecule has 10 heteroatoms. The highest BCUT2D eigenvalue weighted by Gasteiger charge is 2.57. The molecule has 0 spiro atoms. The largest absolute Gasteiger partial charge is 0.367 e. The van der Waals surface area contributed by atoms with E-state index in [4.69, 9.17) is 9.72 Å². The summed E-state index contributed by atoms with van der Waals surface area (Å²) in [5, 5.41) is 6.15. The van der Waals surface area contributed by atoms with E-state index in [-0.39, 0.29) is 36.2 Å². The number of rotatable bonds is 8. The maximum absolute atomic E-state index is 14.1. The lowest BCUT2D eigenvalue weighted by atomic mass is 9.80. The number of hydrogen-bond donors (Lipinski definition) is 1. The first-order valence-electron chi connectivity index (χ1n) is 14.9. The molecule has 9 nitrogen and oxygen atoms in total. The number of nitrogens with one attached hydrogen (secondary N) is 1. The number of carbonyl (C=O) groups excluding carboxylic acids is 3. The summed E-state index contributed by atoms with van der Waals surface area (Å²) >= 11 is 1.65. The van der Waals surface area contributed by atoms with Crippen molar-refractivity contribution in [1.82, 2.24) is 20.1 Å². The van der Waals surface area contributed by atoms with Crippen LogP contribution < -0.4 is 10.2 Å². The van der Waals surface area contributed by atoms with Gasteiger partial charge in [-0.15, -0.1) is 11.3 Å².